The van der Waals surface area contributed by atoms with Crippen molar-refractivity contribution in [3.05, 3.63) is 81.9 Å². The Morgan fingerprint density at radius 2 is 1.91 bits per heavy atom. The van der Waals surface area contributed by atoms with Gasteiger partial charge in [0.1, 0.15) is 17.1 Å². The van der Waals surface area contributed by atoms with Crippen molar-refractivity contribution in [1.82, 2.24) is 14.5 Å². The lowest BCUT2D eigenvalue weighted by atomic mass is 10.2. The van der Waals surface area contributed by atoms with E-state index in [1.807, 2.05) is 54.6 Å². The number of ether oxygens (including phenoxy) is 2. The first-order valence-electron chi connectivity index (χ1n) is 10.9. The van der Waals surface area contributed by atoms with Gasteiger partial charge in [-0.1, -0.05) is 35.9 Å². The predicted molar refractivity (Wildman–Crippen MR) is 133 cm³/mol. The number of halogens is 1. The first kappa shape index (κ1) is 22.1. The van der Waals surface area contributed by atoms with Crippen molar-refractivity contribution in [1.29, 1.82) is 0 Å². The monoisotopic (exact) mass is 481 g/mol. The summed E-state index contributed by atoms with van der Waals surface area (Å²) in [6.07, 6.45) is 1.62. The van der Waals surface area contributed by atoms with Gasteiger partial charge >= 0.3 is 0 Å². The van der Waals surface area contributed by atoms with Crippen LogP contribution in [0, 0.1) is 0 Å². The van der Waals surface area contributed by atoms with E-state index in [1.54, 1.807) is 10.9 Å². The van der Waals surface area contributed by atoms with Crippen LogP contribution in [0.25, 0.3) is 20.7 Å². The lowest BCUT2D eigenvalue weighted by Gasteiger charge is -2.26. The Kier molecular flexibility index (Phi) is 6.73. The predicted octanol–water partition coefficient (Wildman–Crippen LogP) is 4.54. The van der Waals surface area contributed by atoms with E-state index in [-0.39, 0.29) is 5.56 Å². The van der Waals surface area contributed by atoms with Crippen LogP contribution >= 0.6 is 22.9 Å². The van der Waals surface area contributed by atoms with E-state index in [4.69, 9.17) is 21.1 Å². The van der Waals surface area contributed by atoms with Gasteiger partial charge in [0.25, 0.3) is 5.56 Å². The van der Waals surface area contributed by atoms with Gasteiger partial charge in [0.05, 0.1) is 31.6 Å². The Morgan fingerprint density at radius 3 is 2.73 bits per heavy atom. The molecule has 0 radical (unpaired) electrons. The Bertz CT molecular complexity index is 1300. The van der Waals surface area contributed by atoms with Crippen LogP contribution in [0.4, 0.5) is 0 Å². The van der Waals surface area contributed by atoms with E-state index in [0.717, 1.165) is 54.6 Å². The maximum Gasteiger partial charge on any atom is 0.271 e. The molecule has 33 heavy (non-hydrogen) atoms. The van der Waals surface area contributed by atoms with Crippen molar-refractivity contribution < 1.29 is 9.47 Å². The molecule has 6 nitrogen and oxygen atoms in total. The van der Waals surface area contributed by atoms with Crippen LogP contribution in [-0.2, 0) is 11.3 Å². The van der Waals surface area contributed by atoms with E-state index >= 15 is 0 Å². The first-order chi connectivity index (χ1) is 16.2. The molecule has 0 amide bonds. The van der Waals surface area contributed by atoms with Gasteiger partial charge < -0.3 is 9.47 Å². The third-order valence-electron chi connectivity index (χ3n) is 5.66. The van der Waals surface area contributed by atoms with Crippen molar-refractivity contribution in [3.63, 3.8) is 0 Å². The molecule has 0 N–H and O–H groups in total. The van der Waals surface area contributed by atoms with Crippen LogP contribution in [0.1, 0.15) is 5.56 Å². The molecule has 1 aliphatic heterocycles. The Labute approximate surface area is 201 Å². The second-order valence-corrected chi connectivity index (χ2v) is 9.45. The van der Waals surface area contributed by atoms with Gasteiger partial charge in [-0.25, -0.2) is 4.98 Å². The second-order valence-electron chi connectivity index (χ2n) is 7.96. The van der Waals surface area contributed by atoms with Gasteiger partial charge in [0, 0.05) is 29.5 Å². The minimum atomic E-state index is -0.0381. The molecule has 2 aromatic heterocycles. The highest BCUT2D eigenvalue weighted by Crippen LogP contribution is 2.31. The van der Waals surface area contributed by atoms with Crippen LogP contribution in [-0.4, -0.2) is 53.9 Å². The molecule has 4 aromatic rings. The van der Waals surface area contributed by atoms with Crippen molar-refractivity contribution in [3.8, 4) is 16.2 Å². The molecule has 5 rings (SSSR count). The van der Waals surface area contributed by atoms with Crippen LogP contribution < -0.4 is 10.3 Å². The highest BCUT2D eigenvalue weighted by Gasteiger charge is 2.12. The lowest BCUT2D eigenvalue weighted by molar-refractivity contribution is 0.0322. The Balaban J connectivity index is 1.29. The molecule has 0 atom stereocenters. The Morgan fingerprint density at radius 1 is 1.09 bits per heavy atom. The standard InChI is InChI=1S/C25H24ClN3O3S/c26-20-6-4-19(5-7-20)23-15-22-24(33-23)25(30)29(17-27-22)16-18-2-1-3-21(14-18)32-13-10-28-8-11-31-12-9-28/h1-7,14-15,17H,8-13,16H2. The summed E-state index contributed by atoms with van der Waals surface area (Å²) in [4.78, 5) is 21.0. The summed E-state index contributed by atoms with van der Waals surface area (Å²) in [7, 11) is 0. The fourth-order valence-corrected chi connectivity index (χ4v) is 5.05. The van der Waals surface area contributed by atoms with Gasteiger partial charge in [0.15, 0.2) is 0 Å². The molecular formula is C25H24ClN3O3S. The number of hydrogen-bond donors (Lipinski definition) is 0. The number of aromatic nitrogens is 2. The summed E-state index contributed by atoms with van der Waals surface area (Å²) in [5.41, 5.74) is 2.70. The zero-order valence-electron chi connectivity index (χ0n) is 18.1. The fourth-order valence-electron chi connectivity index (χ4n) is 3.86. The maximum absolute atomic E-state index is 13.1. The molecule has 0 unspecified atom stereocenters. The summed E-state index contributed by atoms with van der Waals surface area (Å²) in [5.74, 6) is 0.809. The van der Waals surface area contributed by atoms with Crippen molar-refractivity contribution in [2.24, 2.45) is 0 Å². The second kappa shape index (κ2) is 10.1. The molecule has 1 saturated heterocycles. The average molecular weight is 482 g/mol. The topological polar surface area (TPSA) is 56.6 Å². The maximum atomic E-state index is 13.1. The van der Waals surface area contributed by atoms with Crippen LogP contribution in [0.15, 0.2) is 65.7 Å². The van der Waals surface area contributed by atoms with Crippen LogP contribution in [0.2, 0.25) is 5.02 Å². The molecule has 0 spiro atoms. The summed E-state index contributed by atoms with van der Waals surface area (Å²) in [5, 5.41) is 0.688. The minimum Gasteiger partial charge on any atom is -0.492 e. The van der Waals surface area contributed by atoms with Crippen LogP contribution in [0.5, 0.6) is 5.75 Å². The number of benzene rings is 2. The van der Waals surface area contributed by atoms with Crippen molar-refractivity contribution >= 4 is 33.2 Å². The third-order valence-corrected chi connectivity index (χ3v) is 7.08. The SMILES string of the molecule is O=c1c2sc(-c3ccc(Cl)cc3)cc2ncn1Cc1cccc(OCCN2CCOCC2)c1. The zero-order chi connectivity index (χ0) is 22.6. The molecule has 0 saturated carbocycles. The molecule has 0 bridgehead atoms. The number of rotatable bonds is 7. The molecule has 170 valence electrons. The smallest absolute Gasteiger partial charge is 0.271 e. The molecule has 2 aromatic carbocycles. The van der Waals surface area contributed by atoms with E-state index < -0.39 is 0 Å². The van der Waals surface area contributed by atoms with Gasteiger partial charge in [0.2, 0.25) is 0 Å². The average Bonchev–Trinajstić information content (AvgIpc) is 3.28. The van der Waals surface area contributed by atoms with Gasteiger partial charge in [-0.05, 0) is 41.5 Å². The number of morpholine rings is 1. The normalized spacial score (nSPS) is 14.6. The Hall–Kier alpha value is -2.71. The van der Waals surface area contributed by atoms with Gasteiger partial charge in [-0.2, -0.15) is 0 Å². The number of hydrogen-bond acceptors (Lipinski definition) is 6. The molecule has 1 aliphatic rings. The number of thiophene rings is 1. The molecule has 3 heterocycles. The quantitative estimate of drug-likeness (QED) is 0.388. The first-order valence-corrected chi connectivity index (χ1v) is 12.1. The summed E-state index contributed by atoms with van der Waals surface area (Å²) in [6.45, 7) is 5.41. The van der Waals surface area contributed by atoms with E-state index in [1.165, 1.54) is 11.3 Å². The van der Waals surface area contributed by atoms with E-state index in [9.17, 15) is 4.79 Å². The van der Waals surface area contributed by atoms with Crippen molar-refractivity contribution in [2.75, 3.05) is 39.5 Å². The largest absolute Gasteiger partial charge is 0.492 e. The zero-order valence-corrected chi connectivity index (χ0v) is 19.6. The summed E-state index contributed by atoms with van der Waals surface area (Å²) >= 11 is 7.46. The fraction of sp³-hybridized carbons (Fsp3) is 0.280. The summed E-state index contributed by atoms with van der Waals surface area (Å²) < 4.78 is 13.6. The highest BCUT2D eigenvalue weighted by atomic mass is 35.5. The molecule has 8 heteroatoms. The van der Waals surface area contributed by atoms with Crippen molar-refractivity contribution in [2.45, 2.75) is 6.54 Å². The summed E-state index contributed by atoms with van der Waals surface area (Å²) in [6, 6.07) is 17.5. The van der Waals surface area contributed by atoms with Crippen LogP contribution in [0.3, 0.4) is 0 Å². The highest BCUT2D eigenvalue weighted by molar-refractivity contribution is 7.22. The number of nitrogens with zero attached hydrogens (tertiary/aromatic N) is 3. The number of fused-ring (bicyclic) bond motifs is 1. The van der Waals surface area contributed by atoms with Gasteiger partial charge in [-0.15, -0.1) is 11.3 Å². The molecule has 0 aliphatic carbocycles. The molecular weight excluding hydrogens is 458 g/mol. The lowest BCUT2D eigenvalue weighted by Crippen LogP contribution is -2.38. The van der Waals surface area contributed by atoms with Gasteiger partial charge in [-0.3, -0.25) is 14.3 Å². The minimum absolute atomic E-state index is 0.0381. The third kappa shape index (κ3) is 5.28. The van der Waals surface area contributed by atoms with E-state index in [2.05, 4.69) is 9.88 Å². The van der Waals surface area contributed by atoms with E-state index in [0.29, 0.717) is 28.4 Å². The molecule has 1 fully saturated rings.